The molecule has 1 unspecified atom stereocenters. The van der Waals surface area contributed by atoms with Gasteiger partial charge in [-0.05, 0) is 13.0 Å². The van der Waals surface area contributed by atoms with E-state index in [0.29, 0.717) is 12.1 Å². The van der Waals surface area contributed by atoms with Gasteiger partial charge in [-0.2, -0.15) is 10.5 Å². The second kappa shape index (κ2) is 5.65. The molecule has 0 aromatic heterocycles. The van der Waals surface area contributed by atoms with Gasteiger partial charge in [-0.3, -0.25) is 10.1 Å². The van der Waals surface area contributed by atoms with Crippen molar-refractivity contribution in [2.75, 3.05) is 11.9 Å². The standard InChI is InChI=1S/C12H12N4O2/c1-9(5-6-13)15(2)12-4-3-11(16(17)18)7-10(12)8-14/h3-4,7,9H,5H2,1-2H3. The van der Waals surface area contributed by atoms with Gasteiger partial charge in [-0.1, -0.05) is 0 Å². The molecular weight excluding hydrogens is 232 g/mol. The Hall–Kier alpha value is -2.60. The topological polar surface area (TPSA) is 94.0 Å². The molecule has 0 aliphatic carbocycles. The molecule has 6 heteroatoms. The lowest BCUT2D eigenvalue weighted by atomic mass is 10.1. The highest BCUT2D eigenvalue weighted by atomic mass is 16.6. The van der Waals surface area contributed by atoms with E-state index in [2.05, 4.69) is 6.07 Å². The van der Waals surface area contributed by atoms with Gasteiger partial charge in [0.1, 0.15) is 6.07 Å². The van der Waals surface area contributed by atoms with Gasteiger partial charge < -0.3 is 4.90 Å². The maximum atomic E-state index is 10.6. The van der Waals surface area contributed by atoms with E-state index < -0.39 is 4.92 Å². The van der Waals surface area contributed by atoms with Crippen LogP contribution >= 0.6 is 0 Å². The lowest BCUT2D eigenvalue weighted by Crippen LogP contribution is -2.29. The molecule has 18 heavy (non-hydrogen) atoms. The van der Waals surface area contributed by atoms with Crippen LogP contribution in [0.1, 0.15) is 18.9 Å². The van der Waals surface area contributed by atoms with Crippen molar-refractivity contribution >= 4 is 11.4 Å². The zero-order valence-electron chi connectivity index (χ0n) is 10.1. The molecule has 6 nitrogen and oxygen atoms in total. The van der Waals surface area contributed by atoms with Crippen LogP contribution in [-0.4, -0.2) is 18.0 Å². The number of nitriles is 2. The smallest absolute Gasteiger partial charge is 0.270 e. The quantitative estimate of drug-likeness (QED) is 0.597. The summed E-state index contributed by atoms with van der Waals surface area (Å²) in [5.41, 5.74) is 0.707. The molecule has 1 rings (SSSR count). The van der Waals surface area contributed by atoms with Crippen LogP contribution in [0.5, 0.6) is 0 Å². The number of nitro benzene ring substituents is 1. The van der Waals surface area contributed by atoms with E-state index in [-0.39, 0.29) is 17.3 Å². The first-order chi connectivity index (χ1) is 8.51. The Morgan fingerprint density at radius 3 is 2.67 bits per heavy atom. The molecule has 0 fully saturated rings. The molecule has 0 bridgehead atoms. The molecule has 0 saturated carbocycles. The number of rotatable bonds is 4. The van der Waals surface area contributed by atoms with Crippen molar-refractivity contribution in [3.8, 4) is 12.1 Å². The minimum atomic E-state index is -0.538. The minimum absolute atomic E-state index is 0.0662. The second-order valence-corrected chi connectivity index (χ2v) is 3.89. The normalized spacial score (nSPS) is 11.1. The second-order valence-electron chi connectivity index (χ2n) is 3.89. The van der Waals surface area contributed by atoms with Crippen LogP contribution in [0, 0.1) is 32.8 Å². The van der Waals surface area contributed by atoms with Crippen LogP contribution in [0.15, 0.2) is 18.2 Å². The van der Waals surface area contributed by atoms with Crippen LogP contribution in [0.3, 0.4) is 0 Å². The fourth-order valence-electron chi connectivity index (χ4n) is 1.54. The number of nitro groups is 1. The van der Waals surface area contributed by atoms with Crippen molar-refractivity contribution in [1.29, 1.82) is 10.5 Å². The Labute approximate surface area is 105 Å². The van der Waals surface area contributed by atoms with Crippen LogP contribution in [-0.2, 0) is 0 Å². The highest BCUT2D eigenvalue weighted by Gasteiger charge is 2.16. The number of non-ortho nitro benzene ring substituents is 1. The molecule has 0 heterocycles. The molecule has 0 saturated heterocycles. The van der Waals surface area contributed by atoms with Crippen LogP contribution in [0.4, 0.5) is 11.4 Å². The first-order valence-corrected chi connectivity index (χ1v) is 5.29. The lowest BCUT2D eigenvalue weighted by molar-refractivity contribution is -0.384. The zero-order chi connectivity index (χ0) is 13.7. The van der Waals surface area contributed by atoms with Crippen molar-refractivity contribution < 1.29 is 4.92 Å². The van der Waals surface area contributed by atoms with E-state index in [0.717, 1.165) is 0 Å². The predicted octanol–water partition coefficient (Wildman–Crippen LogP) is 2.20. The molecule has 0 radical (unpaired) electrons. The maximum Gasteiger partial charge on any atom is 0.270 e. The number of anilines is 1. The highest BCUT2D eigenvalue weighted by Crippen LogP contribution is 2.25. The fourth-order valence-corrected chi connectivity index (χ4v) is 1.54. The summed E-state index contributed by atoms with van der Waals surface area (Å²) in [5, 5.41) is 28.3. The van der Waals surface area contributed by atoms with E-state index in [1.807, 2.05) is 13.0 Å². The van der Waals surface area contributed by atoms with Gasteiger partial charge in [-0.25, -0.2) is 0 Å². The maximum absolute atomic E-state index is 10.6. The molecule has 0 amide bonds. The summed E-state index contributed by atoms with van der Waals surface area (Å²) < 4.78 is 0. The van der Waals surface area contributed by atoms with Crippen molar-refractivity contribution in [2.24, 2.45) is 0 Å². The fraction of sp³-hybridized carbons (Fsp3) is 0.333. The lowest BCUT2D eigenvalue weighted by Gasteiger charge is -2.25. The van der Waals surface area contributed by atoms with E-state index in [1.54, 1.807) is 11.9 Å². The molecule has 0 aliphatic heterocycles. The van der Waals surface area contributed by atoms with Crippen molar-refractivity contribution in [3.63, 3.8) is 0 Å². The first-order valence-electron chi connectivity index (χ1n) is 5.29. The van der Waals surface area contributed by atoms with Crippen molar-refractivity contribution in [1.82, 2.24) is 0 Å². The largest absolute Gasteiger partial charge is 0.370 e. The van der Waals surface area contributed by atoms with Crippen LogP contribution < -0.4 is 4.90 Å². The van der Waals surface area contributed by atoms with Crippen molar-refractivity contribution in [2.45, 2.75) is 19.4 Å². The molecule has 92 valence electrons. The summed E-state index contributed by atoms with van der Waals surface area (Å²) >= 11 is 0. The molecule has 1 aromatic carbocycles. The van der Waals surface area contributed by atoms with E-state index in [9.17, 15) is 10.1 Å². The molecule has 1 atom stereocenters. The summed E-state index contributed by atoms with van der Waals surface area (Å²) in [5.74, 6) is 0. The van der Waals surface area contributed by atoms with Gasteiger partial charge >= 0.3 is 0 Å². The summed E-state index contributed by atoms with van der Waals surface area (Å²) in [7, 11) is 1.75. The highest BCUT2D eigenvalue weighted by molar-refractivity contribution is 5.63. The molecule has 0 N–H and O–H groups in total. The van der Waals surface area contributed by atoms with Gasteiger partial charge in [0.2, 0.25) is 0 Å². The number of nitrogens with zero attached hydrogens (tertiary/aromatic N) is 4. The van der Waals surface area contributed by atoms with E-state index >= 15 is 0 Å². The minimum Gasteiger partial charge on any atom is -0.370 e. The van der Waals surface area contributed by atoms with E-state index in [1.165, 1.54) is 18.2 Å². The Balaban J connectivity index is 3.15. The third-order valence-electron chi connectivity index (χ3n) is 2.74. The summed E-state index contributed by atoms with van der Waals surface area (Å²) in [6.45, 7) is 1.85. The van der Waals surface area contributed by atoms with Crippen LogP contribution in [0.25, 0.3) is 0 Å². The van der Waals surface area contributed by atoms with Gasteiger partial charge in [0.15, 0.2) is 0 Å². The van der Waals surface area contributed by atoms with Crippen molar-refractivity contribution in [3.05, 3.63) is 33.9 Å². The molecular formula is C12H12N4O2. The molecule has 0 spiro atoms. The van der Waals surface area contributed by atoms with Gasteiger partial charge in [-0.15, -0.1) is 0 Å². The van der Waals surface area contributed by atoms with Gasteiger partial charge in [0, 0.05) is 25.2 Å². The Morgan fingerprint density at radius 1 is 1.50 bits per heavy atom. The number of hydrogen-bond acceptors (Lipinski definition) is 5. The van der Waals surface area contributed by atoms with Crippen LogP contribution in [0.2, 0.25) is 0 Å². The monoisotopic (exact) mass is 244 g/mol. The third kappa shape index (κ3) is 2.74. The summed E-state index contributed by atoms with van der Waals surface area (Å²) in [6.07, 6.45) is 0.318. The Morgan fingerprint density at radius 2 is 2.17 bits per heavy atom. The van der Waals surface area contributed by atoms with Gasteiger partial charge in [0.05, 0.1) is 28.7 Å². The third-order valence-corrected chi connectivity index (χ3v) is 2.74. The zero-order valence-corrected chi connectivity index (χ0v) is 10.1. The summed E-state index contributed by atoms with van der Waals surface area (Å²) in [4.78, 5) is 11.9. The number of hydrogen-bond donors (Lipinski definition) is 0. The Kier molecular flexibility index (Phi) is 4.22. The number of benzene rings is 1. The van der Waals surface area contributed by atoms with Gasteiger partial charge in [0.25, 0.3) is 5.69 Å². The first kappa shape index (κ1) is 13.5. The average Bonchev–Trinajstić information content (AvgIpc) is 2.37. The predicted molar refractivity (Wildman–Crippen MR) is 65.9 cm³/mol. The average molecular weight is 244 g/mol. The summed E-state index contributed by atoms with van der Waals surface area (Å²) in [6, 6.07) is 8.05. The SMILES string of the molecule is CC(CC#N)N(C)c1ccc([N+](=O)[O-])cc1C#N. The molecule has 1 aromatic rings. The molecule has 0 aliphatic rings. The Bertz CT molecular complexity index is 542. The van der Waals surface area contributed by atoms with E-state index in [4.69, 9.17) is 10.5 Å².